The van der Waals surface area contributed by atoms with E-state index in [9.17, 15) is 4.79 Å². The van der Waals surface area contributed by atoms with Crippen LogP contribution in [0.3, 0.4) is 0 Å². The number of furan rings is 1. The van der Waals surface area contributed by atoms with Crippen LogP contribution in [0.1, 0.15) is 10.5 Å². The van der Waals surface area contributed by atoms with Crippen molar-refractivity contribution in [3.63, 3.8) is 0 Å². The van der Waals surface area contributed by atoms with Crippen LogP contribution >= 0.6 is 0 Å². The van der Waals surface area contributed by atoms with Crippen molar-refractivity contribution >= 4 is 5.91 Å². The lowest BCUT2D eigenvalue weighted by atomic mass is 10.3. The van der Waals surface area contributed by atoms with Gasteiger partial charge in [-0.1, -0.05) is 5.16 Å². The first-order chi connectivity index (χ1) is 8.72. The van der Waals surface area contributed by atoms with Gasteiger partial charge in [-0.3, -0.25) is 4.79 Å². The molecule has 2 heterocycles. The largest absolute Gasteiger partial charge is 0.461 e. The highest BCUT2D eigenvalue weighted by Crippen LogP contribution is 2.20. The van der Waals surface area contributed by atoms with Gasteiger partial charge in [-0.05, 0) is 19.2 Å². The normalized spacial score (nSPS) is 10.6. The average Bonchev–Trinajstić information content (AvgIpc) is 3.04. The molecule has 1 N–H and O–H groups in total. The molecule has 18 heavy (non-hydrogen) atoms. The smallest absolute Gasteiger partial charge is 0.275 e. The number of likely N-dealkylation sites (N-methyl/N-ethyl adjacent to an activating group) is 2. The predicted octanol–water partition coefficient (Wildman–Crippen LogP) is 1.23. The van der Waals surface area contributed by atoms with Crippen molar-refractivity contribution in [2.45, 2.75) is 0 Å². The molecule has 0 unspecified atom stereocenters. The fourth-order valence-electron chi connectivity index (χ4n) is 1.49. The van der Waals surface area contributed by atoms with Crippen molar-refractivity contribution in [3.05, 3.63) is 30.2 Å². The number of nitrogens with zero attached hydrogens (tertiary/aromatic N) is 2. The predicted molar refractivity (Wildman–Crippen MR) is 65.1 cm³/mol. The summed E-state index contributed by atoms with van der Waals surface area (Å²) in [4.78, 5) is 13.6. The van der Waals surface area contributed by atoms with Crippen molar-refractivity contribution in [3.8, 4) is 11.5 Å². The zero-order chi connectivity index (χ0) is 13.0. The highest BCUT2D eigenvalue weighted by molar-refractivity contribution is 5.92. The zero-order valence-electron chi connectivity index (χ0n) is 10.3. The molecule has 96 valence electrons. The van der Waals surface area contributed by atoms with E-state index in [0.29, 0.717) is 18.1 Å². The molecule has 0 fully saturated rings. The lowest BCUT2D eigenvalue weighted by Gasteiger charge is -2.14. The molecule has 0 bridgehead atoms. The Morgan fingerprint density at radius 2 is 2.33 bits per heavy atom. The third-order valence-corrected chi connectivity index (χ3v) is 2.54. The first kappa shape index (κ1) is 12.4. The number of carbonyl (C=O) groups is 1. The highest BCUT2D eigenvalue weighted by Gasteiger charge is 2.18. The molecule has 6 heteroatoms. The summed E-state index contributed by atoms with van der Waals surface area (Å²) in [6.07, 6.45) is 1.54. The molecule has 0 aliphatic carbocycles. The minimum Gasteiger partial charge on any atom is -0.461 e. The topological polar surface area (TPSA) is 71.5 Å². The Morgan fingerprint density at radius 1 is 1.50 bits per heavy atom. The van der Waals surface area contributed by atoms with E-state index < -0.39 is 0 Å². The van der Waals surface area contributed by atoms with Gasteiger partial charge >= 0.3 is 0 Å². The van der Waals surface area contributed by atoms with Crippen LogP contribution in [0.25, 0.3) is 11.5 Å². The monoisotopic (exact) mass is 249 g/mol. The van der Waals surface area contributed by atoms with Gasteiger partial charge < -0.3 is 19.2 Å². The molecule has 0 aliphatic rings. The Morgan fingerprint density at radius 3 is 3.00 bits per heavy atom. The van der Waals surface area contributed by atoms with Crippen LogP contribution in [0, 0.1) is 0 Å². The number of aromatic nitrogens is 1. The molecular weight excluding hydrogens is 234 g/mol. The number of hydrogen-bond acceptors (Lipinski definition) is 5. The molecule has 1 amide bonds. The Bertz CT molecular complexity index is 504. The second-order valence-corrected chi connectivity index (χ2v) is 3.88. The Balaban J connectivity index is 2.08. The van der Waals surface area contributed by atoms with Crippen LogP contribution in [0.15, 0.2) is 33.4 Å². The van der Waals surface area contributed by atoms with E-state index in [2.05, 4.69) is 10.5 Å². The minimum atomic E-state index is -0.174. The third kappa shape index (κ3) is 2.60. The quantitative estimate of drug-likeness (QED) is 0.862. The van der Waals surface area contributed by atoms with Gasteiger partial charge in [0.05, 0.1) is 6.26 Å². The Labute approximate surface area is 105 Å². The van der Waals surface area contributed by atoms with Gasteiger partial charge in [-0.25, -0.2) is 0 Å². The number of amides is 1. The van der Waals surface area contributed by atoms with E-state index in [1.165, 1.54) is 0 Å². The Kier molecular flexibility index (Phi) is 3.78. The molecule has 2 aromatic heterocycles. The van der Waals surface area contributed by atoms with Crippen molar-refractivity contribution in [2.24, 2.45) is 0 Å². The van der Waals surface area contributed by atoms with E-state index in [1.807, 2.05) is 7.05 Å². The van der Waals surface area contributed by atoms with Gasteiger partial charge in [0, 0.05) is 26.2 Å². The minimum absolute atomic E-state index is 0.174. The number of nitrogens with one attached hydrogen (secondary N) is 1. The van der Waals surface area contributed by atoms with Crippen molar-refractivity contribution in [1.82, 2.24) is 15.4 Å². The maximum absolute atomic E-state index is 12.0. The highest BCUT2D eigenvalue weighted by atomic mass is 16.5. The molecule has 0 saturated carbocycles. The lowest BCUT2D eigenvalue weighted by Crippen LogP contribution is -2.32. The summed E-state index contributed by atoms with van der Waals surface area (Å²) in [5.74, 6) is 0.830. The number of rotatable bonds is 5. The summed E-state index contributed by atoms with van der Waals surface area (Å²) in [5, 5.41) is 6.73. The lowest BCUT2D eigenvalue weighted by molar-refractivity contribution is 0.0786. The van der Waals surface area contributed by atoms with E-state index in [0.717, 1.165) is 6.54 Å². The fraction of sp³-hybridized carbons (Fsp3) is 0.333. The van der Waals surface area contributed by atoms with Gasteiger partial charge in [0.15, 0.2) is 11.5 Å². The maximum Gasteiger partial charge on any atom is 0.275 e. The molecule has 0 aromatic carbocycles. The molecule has 2 aromatic rings. The first-order valence-corrected chi connectivity index (χ1v) is 5.63. The number of carbonyl (C=O) groups excluding carboxylic acids is 1. The molecule has 0 aliphatic heterocycles. The number of hydrogen-bond donors (Lipinski definition) is 1. The third-order valence-electron chi connectivity index (χ3n) is 2.54. The molecule has 2 rings (SSSR count). The summed E-state index contributed by atoms with van der Waals surface area (Å²) in [6, 6.07) is 5.08. The zero-order valence-corrected chi connectivity index (χ0v) is 10.3. The van der Waals surface area contributed by atoms with E-state index >= 15 is 0 Å². The maximum atomic E-state index is 12.0. The summed E-state index contributed by atoms with van der Waals surface area (Å²) in [6.45, 7) is 1.34. The molecule has 0 spiro atoms. The van der Waals surface area contributed by atoms with Crippen molar-refractivity contribution < 1.29 is 13.7 Å². The summed E-state index contributed by atoms with van der Waals surface area (Å²) in [5.41, 5.74) is 0.278. The van der Waals surface area contributed by atoms with Crippen LogP contribution in [0.2, 0.25) is 0 Å². The van der Waals surface area contributed by atoms with E-state index in [1.54, 1.807) is 36.4 Å². The van der Waals surface area contributed by atoms with Gasteiger partial charge in [-0.15, -0.1) is 0 Å². The standard InChI is InChI=1S/C12H15N3O3/c1-13-5-6-15(2)12(16)9-8-11(18-14-9)10-4-3-7-17-10/h3-4,7-8,13H,5-6H2,1-2H3. The van der Waals surface area contributed by atoms with E-state index in [-0.39, 0.29) is 11.6 Å². The van der Waals surface area contributed by atoms with Crippen LogP contribution in [0.5, 0.6) is 0 Å². The second-order valence-electron chi connectivity index (χ2n) is 3.88. The molecule has 0 radical (unpaired) electrons. The van der Waals surface area contributed by atoms with Crippen LogP contribution in [-0.4, -0.2) is 43.1 Å². The molecule has 0 atom stereocenters. The van der Waals surface area contributed by atoms with Crippen LogP contribution in [-0.2, 0) is 0 Å². The SMILES string of the molecule is CNCCN(C)C(=O)c1cc(-c2ccco2)on1. The second kappa shape index (κ2) is 5.50. The summed E-state index contributed by atoms with van der Waals surface area (Å²) < 4.78 is 10.2. The molecule has 6 nitrogen and oxygen atoms in total. The molecular formula is C12H15N3O3. The Hall–Kier alpha value is -2.08. The van der Waals surface area contributed by atoms with Gasteiger partial charge in [0.2, 0.25) is 5.76 Å². The van der Waals surface area contributed by atoms with Gasteiger partial charge in [0.25, 0.3) is 5.91 Å². The summed E-state index contributed by atoms with van der Waals surface area (Å²) >= 11 is 0. The van der Waals surface area contributed by atoms with Crippen molar-refractivity contribution in [1.29, 1.82) is 0 Å². The fourth-order valence-corrected chi connectivity index (χ4v) is 1.49. The van der Waals surface area contributed by atoms with Crippen LogP contribution < -0.4 is 5.32 Å². The van der Waals surface area contributed by atoms with Gasteiger partial charge in [-0.2, -0.15) is 0 Å². The summed E-state index contributed by atoms with van der Waals surface area (Å²) in [7, 11) is 3.56. The van der Waals surface area contributed by atoms with Gasteiger partial charge in [0.1, 0.15) is 0 Å². The van der Waals surface area contributed by atoms with E-state index in [4.69, 9.17) is 8.94 Å². The average molecular weight is 249 g/mol. The first-order valence-electron chi connectivity index (χ1n) is 5.63. The van der Waals surface area contributed by atoms with Crippen LogP contribution in [0.4, 0.5) is 0 Å². The van der Waals surface area contributed by atoms with Crippen molar-refractivity contribution in [2.75, 3.05) is 27.2 Å². The molecule has 0 saturated heterocycles.